The van der Waals surface area contributed by atoms with Crippen LogP contribution in [0.2, 0.25) is 5.02 Å². The molecule has 0 fully saturated rings. The Morgan fingerprint density at radius 1 is 1.03 bits per heavy atom. The molecule has 2 heterocycles. The highest BCUT2D eigenvalue weighted by Crippen LogP contribution is 2.37. The number of nitrogens with one attached hydrogen (secondary N) is 1. The molecule has 0 bridgehead atoms. The Morgan fingerprint density at radius 2 is 1.75 bits per heavy atom. The van der Waals surface area contributed by atoms with E-state index in [4.69, 9.17) is 26.2 Å². The van der Waals surface area contributed by atoms with Crippen molar-refractivity contribution in [1.29, 1.82) is 0 Å². The molecular formula is C27H21ClN4O3S. The van der Waals surface area contributed by atoms with Gasteiger partial charge in [0.25, 0.3) is 5.91 Å². The van der Waals surface area contributed by atoms with Crippen molar-refractivity contribution in [3.8, 4) is 28.4 Å². The van der Waals surface area contributed by atoms with Crippen LogP contribution >= 0.6 is 22.9 Å². The summed E-state index contributed by atoms with van der Waals surface area (Å²) in [7, 11) is 3.22. The zero-order valence-corrected chi connectivity index (χ0v) is 21.0. The minimum atomic E-state index is -0.391. The number of hydrogen-bond donors (Lipinski definition) is 1. The summed E-state index contributed by atoms with van der Waals surface area (Å²) < 4.78 is 13.2. The van der Waals surface area contributed by atoms with Crippen molar-refractivity contribution in [2.24, 2.45) is 5.10 Å². The molecule has 0 saturated heterocycles. The molecule has 0 spiro atoms. The number of benzene rings is 3. The van der Waals surface area contributed by atoms with Crippen molar-refractivity contribution in [2.45, 2.75) is 0 Å². The van der Waals surface area contributed by atoms with E-state index in [-0.39, 0.29) is 0 Å². The fourth-order valence-electron chi connectivity index (χ4n) is 3.70. The molecule has 180 valence electrons. The molecule has 1 amide bonds. The van der Waals surface area contributed by atoms with E-state index in [1.807, 2.05) is 79.0 Å². The standard InChI is InChI=1S/C27H21ClN4O3S/c1-34-20-10-8-17(9-11-20)25-18(16-32(31-25)19-6-4-3-5-7-19)15-29-30-27(33)26-24(28)22-13-12-21(35-2)14-23(22)36-26/h3-16H,1-2H3,(H,30,33)/b29-15+. The largest absolute Gasteiger partial charge is 0.497 e. The molecule has 5 aromatic rings. The summed E-state index contributed by atoms with van der Waals surface area (Å²) in [5, 5.41) is 10.2. The molecule has 1 N–H and O–H groups in total. The molecule has 36 heavy (non-hydrogen) atoms. The van der Waals surface area contributed by atoms with E-state index >= 15 is 0 Å². The SMILES string of the molecule is COc1ccc(-c2nn(-c3ccccc3)cc2/C=N/NC(=O)c2sc3cc(OC)ccc3c2Cl)cc1. The molecular weight excluding hydrogens is 496 g/mol. The number of fused-ring (bicyclic) bond motifs is 1. The van der Waals surface area contributed by atoms with Crippen LogP contribution in [0.15, 0.2) is 84.1 Å². The lowest BCUT2D eigenvalue weighted by atomic mass is 10.1. The first kappa shape index (κ1) is 23.6. The van der Waals surface area contributed by atoms with Gasteiger partial charge in [-0.15, -0.1) is 11.3 Å². The van der Waals surface area contributed by atoms with Crippen LogP contribution in [0.4, 0.5) is 0 Å². The molecule has 0 saturated carbocycles. The first-order valence-corrected chi connectivity index (χ1v) is 12.2. The number of para-hydroxylation sites is 1. The third-order valence-electron chi connectivity index (χ3n) is 5.54. The van der Waals surface area contributed by atoms with E-state index in [0.717, 1.165) is 32.6 Å². The van der Waals surface area contributed by atoms with Crippen LogP contribution < -0.4 is 14.9 Å². The zero-order chi connectivity index (χ0) is 25.1. The average Bonchev–Trinajstić information content (AvgIpc) is 3.50. The van der Waals surface area contributed by atoms with E-state index in [0.29, 0.717) is 21.3 Å². The molecule has 2 aromatic heterocycles. The summed E-state index contributed by atoms with van der Waals surface area (Å²) in [4.78, 5) is 13.2. The Bertz CT molecular complexity index is 1560. The maximum atomic E-state index is 12.9. The highest BCUT2D eigenvalue weighted by atomic mass is 35.5. The van der Waals surface area contributed by atoms with Crippen molar-refractivity contribution in [1.82, 2.24) is 15.2 Å². The topological polar surface area (TPSA) is 77.7 Å². The lowest BCUT2D eigenvalue weighted by Gasteiger charge is -2.02. The third kappa shape index (κ3) is 4.68. The minimum absolute atomic E-state index is 0.382. The van der Waals surface area contributed by atoms with Crippen LogP contribution in [0.5, 0.6) is 11.5 Å². The van der Waals surface area contributed by atoms with Crippen LogP contribution in [0, 0.1) is 0 Å². The minimum Gasteiger partial charge on any atom is -0.497 e. The fourth-order valence-corrected chi connectivity index (χ4v) is 5.13. The lowest BCUT2D eigenvalue weighted by molar-refractivity contribution is 0.0959. The van der Waals surface area contributed by atoms with Crippen LogP contribution in [0.1, 0.15) is 15.2 Å². The maximum Gasteiger partial charge on any atom is 0.283 e. The molecule has 0 aliphatic carbocycles. The van der Waals surface area contributed by atoms with Gasteiger partial charge in [-0.1, -0.05) is 29.8 Å². The fraction of sp³-hybridized carbons (Fsp3) is 0.0741. The van der Waals surface area contributed by atoms with Crippen LogP contribution in [0.25, 0.3) is 27.0 Å². The number of carbonyl (C=O) groups excluding carboxylic acids is 1. The number of rotatable bonds is 7. The number of aromatic nitrogens is 2. The number of hydrogen-bond acceptors (Lipinski definition) is 6. The molecule has 3 aromatic carbocycles. The third-order valence-corrected chi connectivity index (χ3v) is 7.20. The summed E-state index contributed by atoms with van der Waals surface area (Å²) in [6.07, 6.45) is 3.44. The van der Waals surface area contributed by atoms with Crippen molar-refractivity contribution in [3.05, 3.63) is 94.5 Å². The zero-order valence-electron chi connectivity index (χ0n) is 19.4. The van der Waals surface area contributed by atoms with Gasteiger partial charge in [0, 0.05) is 27.4 Å². The van der Waals surface area contributed by atoms with Gasteiger partial charge in [0.1, 0.15) is 22.1 Å². The number of ether oxygens (including phenoxy) is 2. The first-order chi connectivity index (χ1) is 17.6. The van der Waals surface area contributed by atoms with Gasteiger partial charge in [0.2, 0.25) is 0 Å². The first-order valence-electron chi connectivity index (χ1n) is 11.0. The van der Waals surface area contributed by atoms with Gasteiger partial charge in [0.15, 0.2) is 0 Å². The number of halogens is 1. The summed E-state index contributed by atoms with van der Waals surface area (Å²) in [5.74, 6) is 1.06. The normalized spacial score (nSPS) is 11.2. The Kier molecular flexibility index (Phi) is 6.71. The lowest BCUT2D eigenvalue weighted by Crippen LogP contribution is -2.16. The van der Waals surface area contributed by atoms with Crippen LogP contribution in [0.3, 0.4) is 0 Å². The van der Waals surface area contributed by atoms with Crippen molar-refractivity contribution >= 4 is 45.1 Å². The van der Waals surface area contributed by atoms with E-state index in [1.54, 1.807) is 25.1 Å². The predicted octanol–water partition coefficient (Wildman–Crippen LogP) is 6.19. The van der Waals surface area contributed by atoms with Crippen molar-refractivity contribution in [2.75, 3.05) is 14.2 Å². The van der Waals surface area contributed by atoms with Crippen molar-refractivity contribution in [3.63, 3.8) is 0 Å². The number of amides is 1. The highest BCUT2D eigenvalue weighted by Gasteiger charge is 2.18. The summed E-state index contributed by atoms with van der Waals surface area (Å²) in [5.41, 5.74) is 5.83. The summed E-state index contributed by atoms with van der Waals surface area (Å²) in [6, 6.07) is 22.9. The molecule has 9 heteroatoms. The smallest absolute Gasteiger partial charge is 0.283 e. The monoisotopic (exact) mass is 516 g/mol. The van der Waals surface area contributed by atoms with E-state index in [2.05, 4.69) is 10.5 Å². The van der Waals surface area contributed by atoms with Crippen LogP contribution in [-0.2, 0) is 0 Å². The van der Waals surface area contributed by atoms with Gasteiger partial charge in [0.05, 0.1) is 31.1 Å². The van der Waals surface area contributed by atoms with Gasteiger partial charge in [-0.25, -0.2) is 10.1 Å². The molecule has 7 nitrogen and oxygen atoms in total. The molecule has 0 atom stereocenters. The molecule has 0 unspecified atom stereocenters. The Hall–Kier alpha value is -4.14. The second-order valence-electron chi connectivity index (χ2n) is 7.75. The molecule has 5 rings (SSSR count). The summed E-state index contributed by atoms with van der Waals surface area (Å²) in [6.45, 7) is 0. The van der Waals surface area contributed by atoms with Crippen molar-refractivity contribution < 1.29 is 14.3 Å². The number of hydrazone groups is 1. The Balaban J connectivity index is 1.43. The molecule has 0 aliphatic heterocycles. The average molecular weight is 517 g/mol. The highest BCUT2D eigenvalue weighted by molar-refractivity contribution is 7.21. The van der Waals surface area contributed by atoms with Crippen LogP contribution in [-0.4, -0.2) is 36.1 Å². The van der Waals surface area contributed by atoms with Gasteiger partial charge in [-0.05, 0) is 54.6 Å². The second kappa shape index (κ2) is 10.2. The number of nitrogens with zero attached hydrogens (tertiary/aromatic N) is 3. The van der Waals surface area contributed by atoms with Gasteiger partial charge >= 0.3 is 0 Å². The quantitative estimate of drug-likeness (QED) is 0.207. The number of methoxy groups -OCH3 is 2. The number of thiophene rings is 1. The van der Waals surface area contributed by atoms with E-state index in [1.165, 1.54) is 11.3 Å². The van der Waals surface area contributed by atoms with E-state index in [9.17, 15) is 4.79 Å². The van der Waals surface area contributed by atoms with Gasteiger partial charge < -0.3 is 9.47 Å². The predicted molar refractivity (Wildman–Crippen MR) is 144 cm³/mol. The number of carbonyl (C=O) groups is 1. The second-order valence-corrected chi connectivity index (χ2v) is 9.18. The summed E-state index contributed by atoms with van der Waals surface area (Å²) >= 11 is 7.76. The molecule has 0 aliphatic rings. The molecule has 0 radical (unpaired) electrons. The Labute approximate surface area is 216 Å². The van der Waals surface area contributed by atoms with Gasteiger partial charge in [-0.3, -0.25) is 4.79 Å². The Morgan fingerprint density at radius 3 is 2.47 bits per heavy atom. The van der Waals surface area contributed by atoms with Gasteiger partial charge in [-0.2, -0.15) is 10.2 Å². The van der Waals surface area contributed by atoms with E-state index < -0.39 is 5.91 Å². The maximum absolute atomic E-state index is 12.9.